The van der Waals surface area contributed by atoms with Gasteiger partial charge in [0.15, 0.2) is 11.3 Å². The maximum absolute atomic E-state index is 14.3. The van der Waals surface area contributed by atoms with Gasteiger partial charge in [0.05, 0.1) is 13.2 Å². The van der Waals surface area contributed by atoms with E-state index in [0.29, 0.717) is 29.9 Å². The van der Waals surface area contributed by atoms with Gasteiger partial charge in [0.2, 0.25) is 5.55 Å². The summed E-state index contributed by atoms with van der Waals surface area (Å²) in [7, 11) is 1.52. The Morgan fingerprint density at radius 2 is 2.20 bits per heavy atom. The van der Waals surface area contributed by atoms with E-state index in [2.05, 4.69) is 10.3 Å². The third-order valence-electron chi connectivity index (χ3n) is 4.85. The average molecular weight is 431 g/mol. The van der Waals surface area contributed by atoms with Crippen LogP contribution in [0.1, 0.15) is 23.2 Å². The molecule has 30 heavy (non-hydrogen) atoms. The maximum Gasteiger partial charge on any atom is 0.256 e. The standard InChI is InChI=1S/C22H20ClFN2O4/c1-28-19-6-2-4-13-10-16(21(27)25-12-15-5-3-9-29-15)22(30-20(13)19)26-18-8-7-14(23)11-17(18)24/h2,4,6-8,10-11,15H,3,5,9,12H2,1H3,(H,25,27)/t15-/m0/s1. The number of nitrogens with zero attached hydrogens (tertiary/aromatic N) is 1. The Morgan fingerprint density at radius 3 is 2.93 bits per heavy atom. The smallest absolute Gasteiger partial charge is 0.256 e. The number of ether oxygens (including phenoxy) is 2. The monoisotopic (exact) mass is 430 g/mol. The zero-order valence-electron chi connectivity index (χ0n) is 16.3. The van der Waals surface area contributed by atoms with Gasteiger partial charge in [-0.3, -0.25) is 4.79 Å². The van der Waals surface area contributed by atoms with E-state index in [1.165, 1.54) is 19.2 Å². The van der Waals surface area contributed by atoms with Gasteiger partial charge in [-0.05, 0) is 43.2 Å². The van der Waals surface area contributed by atoms with Gasteiger partial charge in [0.1, 0.15) is 17.1 Å². The molecule has 1 aliphatic rings. The molecule has 1 fully saturated rings. The number of halogens is 2. The Balaban J connectivity index is 1.81. The van der Waals surface area contributed by atoms with Crippen molar-refractivity contribution < 1.29 is 23.1 Å². The second kappa shape index (κ2) is 8.85. The first-order valence-electron chi connectivity index (χ1n) is 9.55. The fraction of sp³-hybridized carbons (Fsp3) is 0.273. The molecule has 0 aliphatic carbocycles. The second-order valence-corrected chi connectivity index (χ2v) is 7.33. The largest absolute Gasteiger partial charge is 0.493 e. The highest BCUT2D eigenvalue weighted by Crippen LogP contribution is 2.26. The predicted molar refractivity (Wildman–Crippen MR) is 111 cm³/mol. The first kappa shape index (κ1) is 20.4. The molecular weight excluding hydrogens is 411 g/mol. The lowest BCUT2D eigenvalue weighted by Gasteiger charge is -2.12. The van der Waals surface area contributed by atoms with Crippen molar-refractivity contribution in [3.63, 3.8) is 0 Å². The molecule has 6 nitrogen and oxygen atoms in total. The van der Waals surface area contributed by atoms with E-state index in [1.54, 1.807) is 24.3 Å². The fourth-order valence-electron chi connectivity index (χ4n) is 3.32. The Hall–Kier alpha value is -2.90. The van der Waals surface area contributed by atoms with Crippen molar-refractivity contribution >= 4 is 34.2 Å². The molecule has 2 aromatic carbocycles. The van der Waals surface area contributed by atoms with Crippen molar-refractivity contribution in [1.82, 2.24) is 5.32 Å². The van der Waals surface area contributed by atoms with Gasteiger partial charge in [0, 0.05) is 23.6 Å². The van der Waals surface area contributed by atoms with E-state index in [1.807, 2.05) is 0 Å². The number of nitrogens with one attached hydrogen (secondary N) is 1. The average Bonchev–Trinajstić information content (AvgIpc) is 3.26. The SMILES string of the molecule is COc1cccc2cc(C(=O)NC[C@@H]3CCCO3)c(=Nc3ccc(Cl)cc3F)oc12. The van der Waals surface area contributed by atoms with Gasteiger partial charge in [-0.1, -0.05) is 23.7 Å². The first-order chi connectivity index (χ1) is 14.5. The molecule has 0 unspecified atom stereocenters. The van der Waals surface area contributed by atoms with Gasteiger partial charge < -0.3 is 19.2 Å². The van der Waals surface area contributed by atoms with E-state index in [4.69, 9.17) is 25.5 Å². The van der Waals surface area contributed by atoms with Crippen molar-refractivity contribution in [3.05, 3.63) is 64.4 Å². The molecule has 3 aromatic rings. The summed E-state index contributed by atoms with van der Waals surface area (Å²) in [5.74, 6) is -0.525. The van der Waals surface area contributed by atoms with Crippen LogP contribution >= 0.6 is 11.6 Å². The van der Waals surface area contributed by atoms with E-state index >= 15 is 0 Å². The molecule has 1 saturated heterocycles. The van der Waals surface area contributed by atoms with E-state index in [0.717, 1.165) is 18.9 Å². The van der Waals surface area contributed by atoms with Crippen LogP contribution in [0.4, 0.5) is 10.1 Å². The Labute approximate surface area is 177 Å². The topological polar surface area (TPSA) is 73.1 Å². The number of carbonyl (C=O) groups excluding carboxylic acids is 1. The molecule has 0 spiro atoms. The molecule has 0 bridgehead atoms. The maximum atomic E-state index is 14.3. The van der Waals surface area contributed by atoms with Crippen molar-refractivity contribution in [2.45, 2.75) is 18.9 Å². The predicted octanol–water partition coefficient (Wildman–Crippen LogP) is 4.38. The number of benzene rings is 2. The van der Waals surface area contributed by atoms with Gasteiger partial charge in [0.25, 0.3) is 5.91 Å². The number of carbonyl (C=O) groups is 1. The van der Waals surface area contributed by atoms with E-state index < -0.39 is 5.82 Å². The van der Waals surface area contributed by atoms with Crippen LogP contribution < -0.4 is 15.6 Å². The lowest BCUT2D eigenvalue weighted by Crippen LogP contribution is -2.34. The minimum atomic E-state index is -0.622. The molecule has 4 rings (SSSR count). The van der Waals surface area contributed by atoms with Crippen LogP contribution in [-0.4, -0.2) is 32.3 Å². The molecule has 8 heteroatoms. The molecular formula is C22H20ClFN2O4. The van der Waals surface area contributed by atoms with Crippen molar-refractivity contribution in [2.24, 2.45) is 4.99 Å². The summed E-state index contributed by atoms with van der Waals surface area (Å²) in [6.45, 7) is 1.08. The number of fused-ring (bicyclic) bond motifs is 1. The van der Waals surface area contributed by atoms with Crippen LogP contribution in [0.5, 0.6) is 5.75 Å². The Kier molecular flexibility index (Phi) is 6.01. The second-order valence-electron chi connectivity index (χ2n) is 6.90. The molecule has 1 aliphatic heterocycles. The van der Waals surface area contributed by atoms with Crippen LogP contribution in [0, 0.1) is 5.82 Å². The van der Waals surface area contributed by atoms with E-state index in [-0.39, 0.29) is 33.8 Å². The minimum absolute atomic E-state index is 0.00516. The Morgan fingerprint density at radius 1 is 1.33 bits per heavy atom. The Bertz CT molecular complexity index is 1160. The molecule has 1 N–H and O–H groups in total. The zero-order valence-corrected chi connectivity index (χ0v) is 17.0. The lowest BCUT2D eigenvalue weighted by atomic mass is 10.1. The highest BCUT2D eigenvalue weighted by Gasteiger charge is 2.19. The number of rotatable bonds is 5. The summed E-state index contributed by atoms with van der Waals surface area (Å²) in [6.07, 6.45) is 1.86. The van der Waals surface area contributed by atoms with Crippen LogP contribution in [-0.2, 0) is 4.74 Å². The van der Waals surface area contributed by atoms with Crippen LogP contribution in [0.2, 0.25) is 5.02 Å². The van der Waals surface area contributed by atoms with Gasteiger partial charge in [-0.15, -0.1) is 0 Å². The number of hydrogen-bond acceptors (Lipinski definition) is 5. The zero-order chi connectivity index (χ0) is 21.1. The summed E-state index contributed by atoms with van der Waals surface area (Å²) in [4.78, 5) is 17.2. The van der Waals surface area contributed by atoms with Gasteiger partial charge in [-0.25, -0.2) is 9.38 Å². The van der Waals surface area contributed by atoms with Crippen LogP contribution in [0.3, 0.4) is 0 Å². The fourth-order valence-corrected chi connectivity index (χ4v) is 3.48. The molecule has 1 atom stereocenters. The van der Waals surface area contributed by atoms with E-state index in [9.17, 15) is 9.18 Å². The number of para-hydroxylation sites is 1. The minimum Gasteiger partial charge on any atom is -0.493 e. The number of amides is 1. The number of methoxy groups -OCH3 is 1. The molecule has 0 saturated carbocycles. The van der Waals surface area contributed by atoms with Crippen molar-refractivity contribution in [3.8, 4) is 5.75 Å². The third kappa shape index (κ3) is 4.32. The molecule has 0 radical (unpaired) electrons. The summed E-state index contributed by atoms with van der Waals surface area (Å²) >= 11 is 5.83. The molecule has 1 aromatic heterocycles. The molecule has 156 valence electrons. The summed E-state index contributed by atoms with van der Waals surface area (Å²) in [5.41, 5.74) is 0.565. The first-order valence-corrected chi connectivity index (χ1v) is 9.93. The van der Waals surface area contributed by atoms with Crippen LogP contribution in [0.15, 0.2) is 51.9 Å². The number of hydrogen-bond donors (Lipinski definition) is 1. The van der Waals surface area contributed by atoms with Crippen LogP contribution in [0.25, 0.3) is 11.0 Å². The highest BCUT2D eigenvalue weighted by atomic mass is 35.5. The molecule has 1 amide bonds. The van der Waals surface area contributed by atoms with Crippen molar-refractivity contribution in [2.75, 3.05) is 20.3 Å². The summed E-state index contributed by atoms with van der Waals surface area (Å²) in [6, 6.07) is 11.1. The van der Waals surface area contributed by atoms with Gasteiger partial charge >= 0.3 is 0 Å². The van der Waals surface area contributed by atoms with Gasteiger partial charge in [-0.2, -0.15) is 0 Å². The lowest BCUT2D eigenvalue weighted by molar-refractivity contribution is 0.0854. The van der Waals surface area contributed by atoms with Crippen molar-refractivity contribution in [1.29, 1.82) is 0 Å². The third-order valence-corrected chi connectivity index (χ3v) is 5.08. The normalized spacial score (nSPS) is 16.8. The summed E-state index contributed by atoms with van der Waals surface area (Å²) < 4.78 is 31.1. The summed E-state index contributed by atoms with van der Waals surface area (Å²) in [5, 5.41) is 3.76. The molecule has 2 heterocycles. The highest BCUT2D eigenvalue weighted by molar-refractivity contribution is 6.30. The quantitative estimate of drug-likeness (QED) is 0.652.